The van der Waals surface area contributed by atoms with Crippen LogP contribution in [-0.4, -0.2) is 37.0 Å². The maximum Gasteiger partial charge on any atom is 0.251 e. The Labute approximate surface area is 103 Å². The molecule has 1 aromatic rings. The molecule has 0 saturated carbocycles. The summed E-state index contributed by atoms with van der Waals surface area (Å²) in [5.74, 6) is -0.0905. The second-order valence-electron chi connectivity index (χ2n) is 5.02. The van der Waals surface area contributed by atoms with Gasteiger partial charge in [0.25, 0.3) is 5.91 Å². The molecule has 1 rings (SSSR count). The van der Waals surface area contributed by atoms with E-state index in [1.54, 1.807) is 24.3 Å². The van der Waals surface area contributed by atoms with Crippen LogP contribution >= 0.6 is 0 Å². The van der Waals surface area contributed by atoms with E-state index >= 15 is 0 Å². The van der Waals surface area contributed by atoms with Crippen molar-refractivity contribution >= 4 is 11.6 Å². The number of nitrogens with one attached hydrogen (secondary N) is 1. The topological polar surface area (TPSA) is 58.4 Å². The first-order chi connectivity index (χ1) is 7.83. The highest BCUT2D eigenvalue weighted by Gasteiger charge is 2.21. The molecule has 3 N–H and O–H groups in total. The van der Waals surface area contributed by atoms with Gasteiger partial charge in [-0.1, -0.05) is 6.07 Å². The highest BCUT2D eigenvalue weighted by atomic mass is 16.1. The molecule has 0 saturated heterocycles. The van der Waals surface area contributed by atoms with Crippen molar-refractivity contribution in [2.24, 2.45) is 0 Å². The fourth-order valence-corrected chi connectivity index (χ4v) is 1.24. The lowest BCUT2D eigenvalue weighted by molar-refractivity contribution is 0.0920. The second kappa shape index (κ2) is 5.19. The highest BCUT2D eigenvalue weighted by Crippen LogP contribution is 2.10. The van der Waals surface area contributed by atoms with Crippen molar-refractivity contribution < 1.29 is 4.79 Å². The van der Waals surface area contributed by atoms with Crippen LogP contribution in [0, 0.1) is 0 Å². The second-order valence-corrected chi connectivity index (χ2v) is 5.02. The van der Waals surface area contributed by atoms with Crippen LogP contribution in [0.1, 0.15) is 24.2 Å². The minimum absolute atomic E-state index is 0.0734. The van der Waals surface area contributed by atoms with Crippen molar-refractivity contribution in [2.45, 2.75) is 19.4 Å². The number of rotatable bonds is 4. The minimum atomic E-state index is -0.0905. The van der Waals surface area contributed by atoms with Gasteiger partial charge in [-0.2, -0.15) is 0 Å². The van der Waals surface area contributed by atoms with Gasteiger partial charge in [0, 0.05) is 23.3 Å². The number of carbonyl (C=O) groups is 1. The summed E-state index contributed by atoms with van der Waals surface area (Å²) in [6, 6.07) is 6.98. The smallest absolute Gasteiger partial charge is 0.251 e. The van der Waals surface area contributed by atoms with Crippen LogP contribution in [0.2, 0.25) is 0 Å². The quantitative estimate of drug-likeness (QED) is 0.774. The van der Waals surface area contributed by atoms with E-state index in [9.17, 15) is 4.79 Å². The molecule has 17 heavy (non-hydrogen) atoms. The molecule has 0 bridgehead atoms. The summed E-state index contributed by atoms with van der Waals surface area (Å²) in [7, 11) is 3.99. The predicted molar refractivity (Wildman–Crippen MR) is 71.0 cm³/mol. The molecule has 0 atom stereocenters. The number of likely N-dealkylation sites (N-methyl/N-ethyl adjacent to an activating group) is 1. The monoisotopic (exact) mass is 235 g/mol. The van der Waals surface area contributed by atoms with Gasteiger partial charge in [0.05, 0.1) is 0 Å². The molecule has 0 aliphatic carbocycles. The van der Waals surface area contributed by atoms with E-state index < -0.39 is 0 Å². The summed E-state index contributed by atoms with van der Waals surface area (Å²) in [6.07, 6.45) is 0. The lowest BCUT2D eigenvalue weighted by Gasteiger charge is -2.32. The summed E-state index contributed by atoms with van der Waals surface area (Å²) in [5.41, 5.74) is 6.76. The van der Waals surface area contributed by atoms with Gasteiger partial charge >= 0.3 is 0 Å². The van der Waals surface area contributed by atoms with E-state index in [1.165, 1.54) is 0 Å². The molecule has 0 aliphatic rings. The van der Waals surface area contributed by atoms with Gasteiger partial charge in [-0.15, -0.1) is 0 Å². The summed E-state index contributed by atoms with van der Waals surface area (Å²) in [6.45, 7) is 4.74. The zero-order valence-electron chi connectivity index (χ0n) is 10.9. The van der Waals surface area contributed by atoms with Gasteiger partial charge < -0.3 is 16.0 Å². The van der Waals surface area contributed by atoms with Crippen molar-refractivity contribution in [2.75, 3.05) is 26.4 Å². The molecule has 0 aromatic heterocycles. The number of nitrogens with two attached hydrogens (primary N) is 1. The molecular formula is C13H21N3O. The van der Waals surface area contributed by atoms with Crippen LogP contribution in [0.3, 0.4) is 0 Å². The first-order valence-corrected chi connectivity index (χ1v) is 5.64. The fourth-order valence-electron chi connectivity index (χ4n) is 1.24. The van der Waals surface area contributed by atoms with E-state index in [2.05, 4.69) is 24.1 Å². The zero-order valence-corrected chi connectivity index (χ0v) is 10.9. The maximum absolute atomic E-state index is 11.9. The molecule has 0 fully saturated rings. The third-order valence-electron chi connectivity index (χ3n) is 3.04. The van der Waals surface area contributed by atoms with Crippen molar-refractivity contribution in [3.8, 4) is 0 Å². The lowest BCUT2D eigenvalue weighted by atomic mass is 10.0. The van der Waals surface area contributed by atoms with Crippen LogP contribution in [0.25, 0.3) is 0 Å². The average Bonchev–Trinajstić information content (AvgIpc) is 2.25. The molecule has 1 amide bonds. The Morgan fingerprint density at radius 3 is 2.59 bits per heavy atom. The Hall–Kier alpha value is -1.55. The predicted octanol–water partition coefficient (Wildman–Crippen LogP) is 1.34. The Balaban J connectivity index is 2.62. The molecular weight excluding hydrogens is 214 g/mol. The molecule has 0 unspecified atom stereocenters. The molecule has 4 heteroatoms. The van der Waals surface area contributed by atoms with E-state index in [0.29, 0.717) is 17.8 Å². The van der Waals surface area contributed by atoms with Gasteiger partial charge in [0.2, 0.25) is 0 Å². The van der Waals surface area contributed by atoms with Crippen LogP contribution in [-0.2, 0) is 0 Å². The highest BCUT2D eigenvalue weighted by molar-refractivity contribution is 5.95. The molecule has 0 radical (unpaired) electrons. The molecule has 94 valence electrons. The Kier molecular flexibility index (Phi) is 4.12. The Morgan fingerprint density at radius 1 is 1.41 bits per heavy atom. The lowest BCUT2D eigenvalue weighted by Crippen LogP contribution is -2.48. The number of hydrogen-bond donors (Lipinski definition) is 2. The summed E-state index contributed by atoms with van der Waals surface area (Å²) in [5, 5.41) is 2.91. The normalized spacial score (nSPS) is 11.6. The molecule has 0 heterocycles. The Bertz CT molecular complexity index is 399. The molecule has 4 nitrogen and oxygen atoms in total. The van der Waals surface area contributed by atoms with E-state index in [-0.39, 0.29) is 11.4 Å². The molecule has 0 spiro atoms. The SMILES string of the molecule is CN(C)C(C)(C)CNC(=O)c1cccc(N)c1. The number of carbonyl (C=O) groups excluding carboxylic acids is 1. The number of anilines is 1. The third-order valence-corrected chi connectivity index (χ3v) is 3.04. The van der Waals surface area contributed by atoms with Gasteiger partial charge in [-0.05, 0) is 46.1 Å². The van der Waals surface area contributed by atoms with Crippen LogP contribution in [0.15, 0.2) is 24.3 Å². The first-order valence-electron chi connectivity index (χ1n) is 5.64. The third kappa shape index (κ3) is 3.75. The Morgan fingerprint density at radius 2 is 2.06 bits per heavy atom. The van der Waals surface area contributed by atoms with Gasteiger partial charge in [-0.3, -0.25) is 4.79 Å². The van der Waals surface area contributed by atoms with Gasteiger partial charge in [-0.25, -0.2) is 0 Å². The summed E-state index contributed by atoms with van der Waals surface area (Å²) >= 11 is 0. The number of benzene rings is 1. The maximum atomic E-state index is 11.9. The van der Waals surface area contributed by atoms with Crippen molar-refractivity contribution in [1.82, 2.24) is 10.2 Å². The first kappa shape index (κ1) is 13.5. The summed E-state index contributed by atoms with van der Waals surface area (Å²) < 4.78 is 0. The number of nitrogen functional groups attached to an aromatic ring is 1. The zero-order chi connectivity index (χ0) is 13.1. The molecule has 1 aromatic carbocycles. The van der Waals surface area contributed by atoms with E-state index in [1.807, 2.05) is 14.1 Å². The average molecular weight is 235 g/mol. The standard InChI is InChI=1S/C13H21N3O/c1-13(2,16(3)4)9-15-12(17)10-6-5-7-11(14)8-10/h5-8H,9,14H2,1-4H3,(H,15,17). The van der Waals surface area contributed by atoms with E-state index in [4.69, 9.17) is 5.73 Å². The minimum Gasteiger partial charge on any atom is -0.399 e. The van der Waals surface area contributed by atoms with Gasteiger partial charge in [0.15, 0.2) is 0 Å². The number of hydrogen-bond acceptors (Lipinski definition) is 3. The van der Waals surface area contributed by atoms with Crippen molar-refractivity contribution in [3.63, 3.8) is 0 Å². The van der Waals surface area contributed by atoms with Crippen LogP contribution < -0.4 is 11.1 Å². The fraction of sp³-hybridized carbons (Fsp3) is 0.462. The largest absolute Gasteiger partial charge is 0.399 e. The van der Waals surface area contributed by atoms with Crippen molar-refractivity contribution in [3.05, 3.63) is 29.8 Å². The number of amides is 1. The number of nitrogens with zero attached hydrogens (tertiary/aromatic N) is 1. The van der Waals surface area contributed by atoms with Crippen LogP contribution in [0.5, 0.6) is 0 Å². The van der Waals surface area contributed by atoms with Gasteiger partial charge in [0.1, 0.15) is 0 Å². The van der Waals surface area contributed by atoms with E-state index in [0.717, 1.165) is 0 Å². The van der Waals surface area contributed by atoms with Crippen molar-refractivity contribution in [1.29, 1.82) is 0 Å². The summed E-state index contributed by atoms with van der Waals surface area (Å²) in [4.78, 5) is 14.0. The van der Waals surface area contributed by atoms with Crippen LogP contribution in [0.4, 0.5) is 5.69 Å². The molecule has 0 aliphatic heterocycles.